The molecular weight excluding hydrogens is 196 g/mol. The van der Waals surface area contributed by atoms with Crippen molar-refractivity contribution in [1.29, 1.82) is 0 Å². The number of rotatable bonds is 7. The van der Waals surface area contributed by atoms with Crippen molar-refractivity contribution in [2.75, 3.05) is 19.6 Å². The summed E-state index contributed by atoms with van der Waals surface area (Å²) in [5, 5.41) is 7.03. The van der Waals surface area contributed by atoms with Crippen LogP contribution in [0.4, 0.5) is 0 Å². The summed E-state index contributed by atoms with van der Waals surface area (Å²) in [6.45, 7) is 7.86. The van der Waals surface area contributed by atoms with Gasteiger partial charge >= 0.3 is 0 Å². The fraction of sp³-hybridized carbons (Fsp3) is 1.00. The molecule has 2 saturated carbocycles. The maximum Gasteiger partial charge on any atom is 0.0164 e. The second kappa shape index (κ2) is 6.02. The molecule has 16 heavy (non-hydrogen) atoms. The van der Waals surface area contributed by atoms with Crippen LogP contribution in [0, 0.1) is 17.8 Å². The third kappa shape index (κ3) is 3.21. The molecule has 2 N–H and O–H groups in total. The molecule has 94 valence electrons. The van der Waals surface area contributed by atoms with Gasteiger partial charge in [-0.3, -0.25) is 0 Å². The third-order valence-electron chi connectivity index (χ3n) is 4.59. The second-order valence-corrected chi connectivity index (χ2v) is 5.89. The lowest BCUT2D eigenvalue weighted by atomic mass is 9.86. The molecule has 0 amide bonds. The molecule has 0 aromatic rings. The minimum Gasteiger partial charge on any atom is -0.315 e. The first-order valence-electron chi connectivity index (χ1n) is 7.23. The van der Waals surface area contributed by atoms with Crippen molar-refractivity contribution >= 4 is 0 Å². The van der Waals surface area contributed by atoms with Gasteiger partial charge < -0.3 is 10.6 Å². The highest BCUT2D eigenvalue weighted by Crippen LogP contribution is 2.49. The Morgan fingerprint density at radius 3 is 2.75 bits per heavy atom. The first-order valence-corrected chi connectivity index (χ1v) is 7.23. The molecule has 4 unspecified atom stereocenters. The van der Waals surface area contributed by atoms with E-state index in [2.05, 4.69) is 24.5 Å². The number of hydrogen-bond acceptors (Lipinski definition) is 2. The average Bonchev–Trinajstić information content (AvgIpc) is 2.88. The zero-order chi connectivity index (χ0) is 11.4. The molecule has 0 aromatic carbocycles. The Kier molecular flexibility index (Phi) is 4.66. The second-order valence-electron chi connectivity index (χ2n) is 5.89. The number of likely N-dealkylation sites (N-methyl/N-ethyl adjacent to an activating group) is 1. The van der Waals surface area contributed by atoms with E-state index in [0.717, 1.165) is 30.8 Å². The first kappa shape index (κ1) is 12.4. The number of nitrogens with one attached hydrogen (secondary N) is 2. The minimum atomic E-state index is 0.624. The van der Waals surface area contributed by atoms with Crippen molar-refractivity contribution in [3.63, 3.8) is 0 Å². The molecule has 2 heteroatoms. The number of hydrogen-bond donors (Lipinski definition) is 2. The van der Waals surface area contributed by atoms with Crippen molar-refractivity contribution in [3.05, 3.63) is 0 Å². The molecule has 0 radical (unpaired) electrons. The smallest absolute Gasteiger partial charge is 0.0164 e. The SMILES string of the molecule is CCNCC(C)NCCC1CC2CCC1C2. The summed E-state index contributed by atoms with van der Waals surface area (Å²) in [5.41, 5.74) is 0. The molecule has 0 spiro atoms. The van der Waals surface area contributed by atoms with Crippen LogP contribution >= 0.6 is 0 Å². The summed E-state index contributed by atoms with van der Waals surface area (Å²) in [6, 6.07) is 0.624. The third-order valence-corrected chi connectivity index (χ3v) is 4.59. The van der Waals surface area contributed by atoms with Crippen LogP contribution in [-0.4, -0.2) is 25.7 Å². The van der Waals surface area contributed by atoms with Crippen LogP contribution in [0.3, 0.4) is 0 Å². The Labute approximate surface area is 101 Å². The van der Waals surface area contributed by atoms with Gasteiger partial charge in [-0.05, 0) is 63.5 Å². The Bertz CT molecular complexity index is 205. The van der Waals surface area contributed by atoms with E-state index in [9.17, 15) is 0 Å². The Morgan fingerprint density at radius 2 is 2.12 bits per heavy atom. The molecular formula is C14H28N2. The van der Waals surface area contributed by atoms with Gasteiger partial charge in [-0.15, -0.1) is 0 Å². The monoisotopic (exact) mass is 224 g/mol. The lowest BCUT2D eigenvalue weighted by Crippen LogP contribution is -2.37. The van der Waals surface area contributed by atoms with Gasteiger partial charge in [-0.1, -0.05) is 13.3 Å². The number of fused-ring (bicyclic) bond motifs is 2. The molecule has 2 aliphatic carbocycles. The van der Waals surface area contributed by atoms with Crippen molar-refractivity contribution in [2.45, 2.75) is 52.0 Å². The van der Waals surface area contributed by atoms with E-state index in [0.29, 0.717) is 6.04 Å². The van der Waals surface area contributed by atoms with Gasteiger partial charge in [-0.2, -0.15) is 0 Å². The van der Waals surface area contributed by atoms with Crippen LogP contribution in [0.25, 0.3) is 0 Å². The summed E-state index contributed by atoms with van der Waals surface area (Å²) in [7, 11) is 0. The maximum atomic E-state index is 3.64. The van der Waals surface area contributed by atoms with E-state index in [1.165, 1.54) is 32.2 Å². The van der Waals surface area contributed by atoms with Gasteiger partial charge in [0.05, 0.1) is 0 Å². The summed E-state index contributed by atoms with van der Waals surface area (Å²) >= 11 is 0. The van der Waals surface area contributed by atoms with Crippen LogP contribution in [0.1, 0.15) is 46.0 Å². The van der Waals surface area contributed by atoms with E-state index in [1.807, 2.05) is 0 Å². The van der Waals surface area contributed by atoms with Crippen molar-refractivity contribution in [3.8, 4) is 0 Å². The zero-order valence-electron chi connectivity index (χ0n) is 11.0. The summed E-state index contributed by atoms with van der Waals surface area (Å²) in [6.07, 6.45) is 7.57. The fourth-order valence-corrected chi connectivity index (χ4v) is 3.68. The highest BCUT2D eigenvalue weighted by molar-refractivity contribution is 4.90. The van der Waals surface area contributed by atoms with E-state index in [4.69, 9.17) is 0 Å². The molecule has 2 rings (SSSR count). The first-order chi connectivity index (χ1) is 7.79. The summed E-state index contributed by atoms with van der Waals surface area (Å²) < 4.78 is 0. The maximum absolute atomic E-state index is 3.64. The zero-order valence-corrected chi connectivity index (χ0v) is 11.0. The Hall–Kier alpha value is -0.0800. The van der Waals surface area contributed by atoms with Gasteiger partial charge in [0, 0.05) is 12.6 Å². The van der Waals surface area contributed by atoms with Crippen LogP contribution in [0.5, 0.6) is 0 Å². The van der Waals surface area contributed by atoms with Crippen LogP contribution in [0.15, 0.2) is 0 Å². The van der Waals surface area contributed by atoms with Gasteiger partial charge in [0.15, 0.2) is 0 Å². The predicted molar refractivity (Wildman–Crippen MR) is 69.6 cm³/mol. The fourth-order valence-electron chi connectivity index (χ4n) is 3.68. The van der Waals surface area contributed by atoms with Gasteiger partial charge in [0.2, 0.25) is 0 Å². The van der Waals surface area contributed by atoms with E-state index < -0.39 is 0 Å². The summed E-state index contributed by atoms with van der Waals surface area (Å²) in [5.74, 6) is 3.25. The van der Waals surface area contributed by atoms with Gasteiger partial charge in [-0.25, -0.2) is 0 Å². The Balaban J connectivity index is 1.54. The quantitative estimate of drug-likeness (QED) is 0.694. The van der Waals surface area contributed by atoms with E-state index >= 15 is 0 Å². The lowest BCUT2D eigenvalue weighted by molar-refractivity contribution is 0.305. The van der Waals surface area contributed by atoms with Gasteiger partial charge in [0.25, 0.3) is 0 Å². The highest BCUT2D eigenvalue weighted by atomic mass is 15.0. The van der Waals surface area contributed by atoms with Crippen molar-refractivity contribution in [1.82, 2.24) is 10.6 Å². The lowest BCUT2D eigenvalue weighted by Gasteiger charge is -2.22. The average molecular weight is 224 g/mol. The van der Waals surface area contributed by atoms with Crippen LogP contribution in [0.2, 0.25) is 0 Å². The van der Waals surface area contributed by atoms with Crippen LogP contribution in [-0.2, 0) is 0 Å². The van der Waals surface area contributed by atoms with Crippen LogP contribution < -0.4 is 10.6 Å². The molecule has 2 fully saturated rings. The molecule has 2 bridgehead atoms. The van der Waals surface area contributed by atoms with Gasteiger partial charge in [0.1, 0.15) is 0 Å². The van der Waals surface area contributed by atoms with E-state index in [-0.39, 0.29) is 0 Å². The minimum absolute atomic E-state index is 0.624. The molecule has 0 aromatic heterocycles. The van der Waals surface area contributed by atoms with Crippen molar-refractivity contribution in [2.24, 2.45) is 17.8 Å². The topological polar surface area (TPSA) is 24.1 Å². The molecule has 4 atom stereocenters. The van der Waals surface area contributed by atoms with Crippen molar-refractivity contribution < 1.29 is 0 Å². The predicted octanol–water partition coefficient (Wildman–Crippen LogP) is 2.40. The molecule has 0 aliphatic heterocycles. The summed E-state index contributed by atoms with van der Waals surface area (Å²) in [4.78, 5) is 0. The normalized spacial score (nSPS) is 34.5. The standard InChI is InChI=1S/C14H28N2/c1-3-15-10-11(2)16-7-6-14-9-12-4-5-13(14)8-12/h11-16H,3-10H2,1-2H3. The molecule has 2 nitrogen and oxygen atoms in total. The van der Waals surface area contributed by atoms with E-state index in [1.54, 1.807) is 6.42 Å². The molecule has 0 saturated heterocycles. The Morgan fingerprint density at radius 1 is 1.25 bits per heavy atom. The highest BCUT2D eigenvalue weighted by Gasteiger charge is 2.38. The molecule has 0 heterocycles. The molecule has 2 aliphatic rings. The largest absolute Gasteiger partial charge is 0.315 e.